The number of benzene rings is 2. The van der Waals surface area contributed by atoms with Gasteiger partial charge in [-0.3, -0.25) is 14.9 Å². The van der Waals surface area contributed by atoms with E-state index in [4.69, 9.17) is 4.74 Å². The monoisotopic (exact) mass is 482 g/mol. The molecule has 9 heteroatoms. The lowest BCUT2D eigenvalue weighted by atomic mass is 10.1. The van der Waals surface area contributed by atoms with Gasteiger partial charge in [0.25, 0.3) is 11.8 Å². The Morgan fingerprint density at radius 2 is 1.96 bits per heavy atom. The van der Waals surface area contributed by atoms with Gasteiger partial charge in [0.1, 0.15) is 11.4 Å². The summed E-state index contributed by atoms with van der Waals surface area (Å²) in [5, 5.41) is 12.0. The van der Waals surface area contributed by atoms with Gasteiger partial charge in [-0.15, -0.1) is 0 Å². The maximum Gasteiger partial charge on any atom is 0.335 e. The predicted octanol–water partition coefficient (Wildman–Crippen LogP) is 2.81. The van der Waals surface area contributed by atoms with E-state index in [0.29, 0.717) is 14.0 Å². The molecule has 0 aromatic heterocycles. The molecule has 2 aromatic carbocycles. The van der Waals surface area contributed by atoms with E-state index < -0.39 is 23.7 Å². The zero-order chi connectivity index (χ0) is 19.7. The smallest absolute Gasteiger partial charge is 0.335 e. The van der Waals surface area contributed by atoms with Crippen LogP contribution >= 0.6 is 22.6 Å². The molecule has 0 radical (unpaired) electrons. The van der Waals surface area contributed by atoms with Crippen molar-refractivity contribution in [3.8, 4) is 11.5 Å². The van der Waals surface area contributed by atoms with Crippen LogP contribution in [0, 0.1) is 9.39 Å². The van der Waals surface area contributed by atoms with Gasteiger partial charge in [-0.05, 0) is 64.6 Å². The zero-order valence-electron chi connectivity index (χ0n) is 13.8. The fourth-order valence-corrected chi connectivity index (χ4v) is 3.13. The molecular formula is C18H12FIN2O5. The zero-order valence-corrected chi connectivity index (χ0v) is 16.0. The molecule has 0 atom stereocenters. The number of carbonyl (C=O) groups excluding carboxylic acids is 3. The van der Waals surface area contributed by atoms with Crippen molar-refractivity contribution in [2.45, 2.75) is 0 Å². The van der Waals surface area contributed by atoms with E-state index in [0.717, 1.165) is 6.07 Å². The fraction of sp³-hybridized carbons (Fsp3) is 0.0556. The topological polar surface area (TPSA) is 95.9 Å². The minimum absolute atomic E-state index is 0.00577. The Hall–Kier alpha value is -2.95. The summed E-state index contributed by atoms with van der Waals surface area (Å²) in [5.74, 6) is -2.31. The third-order valence-electron chi connectivity index (χ3n) is 3.75. The average molecular weight is 482 g/mol. The second-order valence-corrected chi connectivity index (χ2v) is 6.65. The SMILES string of the molecule is COc1cc(/C=C2\C(=O)NC(=O)N(c3cccc(F)c3)C2=O)cc(I)c1O. The second-order valence-electron chi connectivity index (χ2n) is 5.49. The van der Waals surface area contributed by atoms with E-state index in [-0.39, 0.29) is 22.8 Å². The van der Waals surface area contributed by atoms with Gasteiger partial charge in [0, 0.05) is 0 Å². The maximum absolute atomic E-state index is 13.5. The molecule has 7 nitrogen and oxygen atoms in total. The number of imide groups is 2. The minimum atomic E-state index is -0.967. The number of phenolic OH excluding ortho intramolecular Hbond substituents is 1. The highest BCUT2D eigenvalue weighted by Crippen LogP contribution is 2.33. The molecule has 2 N–H and O–H groups in total. The molecule has 0 unspecified atom stereocenters. The summed E-state index contributed by atoms with van der Waals surface area (Å²) >= 11 is 1.87. The van der Waals surface area contributed by atoms with Crippen LogP contribution in [0.1, 0.15) is 5.56 Å². The van der Waals surface area contributed by atoms with E-state index in [1.807, 2.05) is 22.6 Å². The largest absolute Gasteiger partial charge is 0.504 e. The molecular weight excluding hydrogens is 470 g/mol. The molecule has 0 saturated carbocycles. The summed E-state index contributed by atoms with van der Waals surface area (Å²) in [4.78, 5) is 37.7. The number of rotatable bonds is 3. The van der Waals surface area contributed by atoms with E-state index in [1.54, 1.807) is 0 Å². The van der Waals surface area contributed by atoms with E-state index in [9.17, 15) is 23.9 Å². The highest BCUT2D eigenvalue weighted by molar-refractivity contribution is 14.1. The number of barbiturate groups is 1. The van der Waals surface area contributed by atoms with Crippen LogP contribution in [0.5, 0.6) is 11.5 Å². The van der Waals surface area contributed by atoms with Gasteiger partial charge < -0.3 is 9.84 Å². The number of phenols is 1. The number of hydrogen-bond donors (Lipinski definition) is 2. The summed E-state index contributed by atoms with van der Waals surface area (Å²) in [5.41, 5.74) is 0.0808. The van der Waals surface area contributed by atoms with Crippen LogP contribution < -0.4 is 15.0 Å². The van der Waals surface area contributed by atoms with Gasteiger partial charge in [0.2, 0.25) is 0 Å². The average Bonchev–Trinajstić information content (AvgIpc) is 2.61. The number of halogens is 2. The van der Waals surface area contributed by atoms with Crippen LogP contribution in [0.3, 0.4) is 0 Å². The number of hydrogen-bond acceptors (Lipinski definition) is 5. The van der Waals surface area contributed by atoms with E-state index in [2.05, 4.69) is 5.32 Å². The Bertz CT molecular complexity index is 1010. The maximum atomic E-state index is 13.5. The molecule has 0 spiro atoms. The number of aromatic hydroxyl groups is 1. The van der Waals surface area contributed by atoms with Gasteiger partial charge in [-0.25, -0.2) is 14.1 Å². The molecule has 27 heavy (non-hydrogen) atoms. The Kier molecular flexibility index (Phi) is 5.13. The van der Waals surface area contributed by atoms with Crippen molar-refractivity contribution >= 4 is 52.2 Å². The van der Waals surface area contributed by atoms with Crippen LogP contribution in [0.25, 0.3) is 6.08 Å². The summed E-state index contributed by atoms with van der Waals surface area (Å²) in [6, 6.07) is 6.91. The van der Waals surface area contributed by atoms with Gasteiger partial charge in [0.05, 0.1) is 16.4 Å². The van der Waals surface area contributed by atoms with E-state index >= 15 is 0 Å². The molecule has 1 aliphatic heterocycles. The Morgan fingerprint density at radius 1 is 1.22 bits per heavy atom. The molecule has 1 aliphatic rings. The van der Waals surface area contributed by atoms with Crippen LogP contribution in [-0.4, -0.2) is 30.1 Å². The number of carbonyl (C=O) groups is 3. The van der Waals surface area contributed by atoms with Crippen molar-refractivity contribution in [2.75, 3.05) is 12.0 Å². The van der Waals surface area contributed by atoms with Crippen molar-refractivity contribution in [3.05, 3.63) is 56.9 Å². The van der Waals surface area contributed by atoms with Crippen LogP contribution in [0.15, 0.2) is 42.0 Å². The van der Waals surface area contributed by atoms with Gasteiger partial charge in [-0.2, -0.15) is 0 Å². The minimum Gasteiger partial charge on any atom is -0.504 e. The second kappa shape index (κ2) is 7.35. The predicted molar refractivity (Wildman–Crippen MR) is 103 cm³/mol. The number of amides is 4. The molecule has 138 valence electrons. The molecule has 1 heterocycles. The fourth-order valence-electron chi connectivity index (χ4n) is 2.51. The molecule has 4 amide bonds. The molecule has 1 fully saturated rings. The lowest BCUT2D eigenvalue weighted by molar-refractivity contribution is -0.122. The van der Waals surface area contributed by atoms with Gasteiger partial charge in [0.15, 0.2) is 11.5 Å². The van der Waals surface area contributed by atoms with Crippen LogP contribution in [0.4, 0.5) is 14.9 Å². The Labute approximate surface area is 166 Å². The lowest BCUT2D eigenvalue weighted by Crippen LogP contribution is -2.54. The van der Waals surface area contributed by atoms with Crippen molar-refractivity contribution in [2.24, 2.45) is 0 Å². The molecule has 0 bridgehead atoms. The van der Waals surface area contributed by atoms with Crippen LogP contribution in [0.2, 0.25) is 0 Å². The molecule has 0 aliphatic carbocycles. The van der Waals surface area contributed by atoms with Gasteiger partial charge in [-0.1, -0.05) is 6.07 Å². The highest BCUT2D eigenvalue weighted by Gasteiger charge is 2.37. The number of methoxy groups -OCH3 is 1. The Morgan fingerprint density at radius 3 is 2.63 bits per heavy atom. The normalized spacial score (nSPS) is 15.9. The first-order valence-corrected chi connectivity index (χ1v) is 8.63. The first-order chi connectivity index (χ1) is 12.8. The standard InChI is InChI=1S/C18H12FIN2O5/c1-27-14-7-9(6-13(20)15(14)23)5-12-16(24)21-18(26)22(17(12)25)11-4-2-3-10(19)8-11/h2-8,23H,1H3,(H,21,24,26)/b12-5+. The third kappa shape index (κ3) is 3.63. The first-order valence-electron chi connectivity index (χ1n) is 7.55. The summed E-state index contributed by atoms with van der Waals surface area (Å²) in [7, 11) is 1.37. The number of urea groups is 1. The van der Waals surface area contributed by atoms with Crippen molar-refractivity contribution < 1.29 is 28.6 Å². The quantitative estimate of drug-likeness (QED) is 0.399. The Balaban J connectivity index is 2.06. The summed E-state index contributed by atoms with van der Waals surface area (Å²) in [6.07, 6.45) is 1.26. The van der Waals surface area contributed by atoms with Crippen LogP contribution in [-0.2, 0) is 9.59 Å². The van der Waals surface area contributed by atoms with Crippen molar-refractivity contribution in [1.29, 1.82) is 0 Å². The van der Waals surface area contributed by atoms with Crippen molar-refractivity contribution in [3.63, 3.8) is 0 Å². The third-order valence-corrected chi connectivity index (χ3v) is 4.57. The lowest BCUT2D eigenvalue weighted by Gasteiger charge is -2.26. The number of anilines is 1. The first kappa shape index (κ1) is 18.8. The number of nitrogens with zero attached hydrogens (tertiary/aromatic N) is 1. The number of nitrogens with one attached hydrogen (secondary N) is 1. The summed E-state index contributed by atoms with van der Waals surface area (Å²) in [6.45, 7) is 0. The molecule has 2 aromatic rings. The molecule has 3 rings (SSSR count). The number of ether oxygens (including phenoxy) is 1. The van der Waals surface area contributed by atoms with Crippen molar-refractivity contribution in [1.82, 2.24) is 5.32 Å². The summed E-state index contributed by atoms with van der Waals surface area (Å²) < 4.78 is 19.0. The molecule has 1 saturated heterocycles. The highest BCUT2D eigenvalue weighted by atomic mass is 127. The van der Waals surface area contributed by atoms with E-state index in [1.165, 1.54) is 43.5 Å². The van der Waals surface area contributed by atoms with Gasteiger partial charge >= 0.3 is 6.03 Å².